The van der Waals surface area contributed by atoms with E-state index in [-0.39, 0.29) is 40.7 Å². The molecule has 2 aliphatic rings. The third-order valence-electron chi connectivity index (χ3n) is 6.41. The molecule has 1 atom stereocenters. The van der Waals surface area contributed by atoms with Crippen LogP contribution in [0.2, 0.25) is 0 Å². The van der Waals surface area contributed by atoms with Gasteiger partial charge in [0.1, 0.15) is 21.8 Å². The van der Waals surface area contributed by atoms with Crippen LogP contribution in [0.15, 0.2) is 69.5 Å². The number of aliphatic hydroxyl groups excluding tert-OH is 1. The number of amides is 1. The van der Waals surface area contributed by atoms with Gasteiger partial charge in [0.2, 0.25) is 0 Å². The van der Waals surface area contributed by atoms with E-state index in [4.69, 9.17) is 9.47 Å². The van der Waals surface area contributed by atoms with E-state index >= 15 is 0 Å². The number of nitrogens with zero attached hydrogens (tertiary/aromatic N) is 1. The molecule has 0 fully saturated rings. The number of sulfonamides is 1. The van der Waals surface area contributed by atoms with Gasteiger partial charge in [0.15, 0.2) is 11.6 Å². The number of nitrogens with one attached hydrogen (secondary N) is 2. The van der Waals surface area contributed by atoms with Gasteiger partial charge in [-0.3, -0.25) is 10.1 Å². The van der Waals surface area contributed by atoms with Gasteiger partial charge in [-0.05, 0) is 64.8 Å². The Kier molecular flexibility index (Phi) is 7.81. The largest absolute Gasteiger partial charge is 0.506 e. The minimum absolute atomic E-state index is 0.0642. The van der Waals surface area contributed by atoms with Gasteiger partial charge in [-0.1, -0.05) is 30.3 Å². The molecule has 1 heterocycles. The third kappa shape index (κ3) is 6.02. The maximum absolute atomic E-state index is 14.0. The van der Waals surface area contributed by atoms with E-state index in [0.29, 0.717) is 11.1 Å². The summed E-state index contributed by atoms with van der Waals surface area (Å²) in [4.78, 5) is 37.8. The second-order valence-electron chi connectivity index (χ2n) is 10.7. The summed E-state index contributed by atoms with van der Waals surface area (Å²) in [6, 6.07) is 10.8. The Balaban J connectivity index is 1.72. The zero-order valence-electron chi connectivity index (χ0n) is 23.3. The predicted octanol–water partition coefficient (Wildman–Crippen LogP) is 4.87. The Hall–Kier alpha value is -4.45. The van der Waals surface area contributed by atoms with Crippen LogP contribution in [-0.2, 0) is 34.5 Å². The van der Waals surface area contributed by atoms with Crippen molar-refractivity contribution in [1.29, 1.82) is 0 Å². The number of fused-ring (bicyclic) bond motifs is 2. The summed E-state index contributed by atoms with van der Waals surface area (Å²) >= 11 is 0. The summed E-state index contributed by atoms with van der Waals surface area (Å²) in [7, 11) is -4.37. The van der Waals surface area contributed by atoms with Crippen molar-refractivity contribution in [2.75, 3.05) is 17.2 Å². The lowest BCUT2D eigenvalue weighted by atomic mass is 9.67. The summed E-state index contributed by atoms with van der Waals surface area (Å²) in [5, 5.41) is 16.5. The highest BCUT2D eigenvalue weighted by molar-refractivity contribution is 7.90. The number of amidine groups is 1. The first kappa shape index (κ1) is 29.5. The number of allylic oxidation sites excluding steroid dienone is 1. The van der Waals surface area contributed by atoms with Crippen LogP contribution in [0.1, 0.15) is 52.2 Å². The molecule has 0 saturated heterocycles. The highest BCUT2D eigenvalue weighted by Gasteiger charge is 2.46. The zero-order valence-corrected chi connectivity index (χ0v) is 24.1. The molecule has 216 valence electrons. The molecule has 0 aromatic heterocycles. The average molecular weight is 582 g/mol. The van der Waals surface area contributed by atoms with Crippen LogP contribution in [0.3, 0.4) is 0 Å². The number of hydrogen-bond donors (Lipinski definition) is 3. The van der Waals surface area contributed by atoms with Crippen LogP contribution in [-0.4, -0.2) is 49.4 Å². The Labute approximate surface area is 238 Å². The van der Waals surface area contributed by atoms with Crippen molar-refractivity contribution in [3.8, 4) is 0 Å². The predicted molar refractivity (Wildman–Crippen MR) is 153 cm³/mol. The third-order valence-corrected chi connectivity index (χ3v) is 7.73. The number of rotatable bonds is 6. The molecule has 1 aliphatic carbocycles. The molecule has 11 nitrogen and oxygen atoms in total. The van der Waals surface area contributed by atoms with E-state index in [0.717, 1.165) is 0 Å². The summed E-state index contributed by atoms with van der Waals surface area (Å²) in [5.74, 6) is -1.92. The van der Waals surface area contributed by atoms with Crippen LogP contribution in [0.5, 0.6) is 0 Å². The van der Waals surface area contributed by atoms with Gasteiger partial charge in [-0.2, -0.15) is 8.42 Å². The maximum Gasteiger partial charge on any atom is 0.412 e. The van der Waals surface area contributed by atoms with Crippen molar-refractivity contribution >= 4 is 50.8 Å². The first-order chi connectivity index (χ1) is 19.2. The molecule has 3 N–H and O–H groups in total. The van der Waals surface area contributed by atoms with Crippen molar-refractivity contribution in [3.63, 3.8) is 0 Å². The minimum Gasteiger partial charge on any atom is -0.506 e. The molecule has 0 radical (unpaired) electrons. The van der Waals surface area contributed by atoms with Crippen LogP contribution >= 0.6 is 0 Å². The SMILES string of the molecule is CCOC(=O)C=CCC1(C)C(=O)C(C2=NS(=O)(=O)c3cc(NC(=O)OC(C)(C)C)ccc3N2)=C(O)c2ccccc21. The molecule has 12 heteroatoms. The number of ketones is 1. The van der Waals surface area contributed by atoms with E-state index < -0.39 is 44.6 Å². The fourth-order valence-electron chi connectivity index (χ4n) is 4.58. The fraction of sp³-hybridized carbons (Fsp3) is 0.310. The second-order valence-corrected chi connectivity index (χ2v) is 12.2. The summed E-state index contributed by atoms with van der Waals surface area (Å²) in [6.45, 7) is 8.61. The van der Waals surface area contributed by atoms with E-state index in [1.807, 2.05) is 0 Å². The van der Waals surface area contributed by atoms with Gasteiger partial charge in [-0.25, -0.2) is 9.59 Å². The molecular formula is C29H31N3O8S. The van der Waals surface area contributed by atoms with E-state index in [1.165, 1.54) is 30.4 Å². The molecule has 1 aliphatic heterocycles. The highest BCUT2D eigenvalue weighted by atomic mass is 32.2. The van der Waals surface area contributed by atoms with Gasteiger partial charge in [0, 0.05) is 17.3 Å². The van der Waals surface area contributed by atoms with Gasteiger partial charge >= 0.3 is 12.1 Å². The number of anilines is 2. The monoisotopic (exact) mass is 581 g/mol. The smallest absolute Gasteiger partial charge is 0.412 e. The topological polar surface area (TPSA) is 160 Å². The van der Waals surface area contributed by atoms with Gasteiger partial charge in [-0.15, -0.1) is 4.40 Å². The number of ether oxygens (including phenoxy) is 2. The first-order valence-electron chi connectivity index (χ1n) is 12.8. The molecule has 2 aromatic rings. The Morgan fingerprint density at radius 2 is 1.88 bits per heavy atom. The molecule has 0 spiro atoms. The fourth-order valence-corrected chi connectivity index (χ4v) is 5.73. The normalized spacial score (nSPS) is 19.5. The first-order valence-corrected chi connectivity index (χ1v) is 14.3. The minimum atomic E-state index is -4.37. The van der Waals surface area contributed by atoms with Gasteiger partial charge < -0.3 is 19.9 Å². The lowest BCUT2D eigenvalue weighted by Crippen LogP contribution is -2.42. The number of esters is 1. The van der Waals surface area contributed by atoms with Crippen LogP contribution in [0, 0.1) is 0 Å². The Morgan fingerprint density at radius 1 is 1.17 bits per heavy atom. The van der Waals surface area contributed by atoms with Gasteiger partial charge in [0.25, 0.3) is 10.0 Å². The number of Topliss-reactive ketones (excluding diaryl/α,β-unsaturated/α-hetero) is 1. The maximum atomic E-state index is 14.0. The molecule has 1 amide bonds. The lowest BCUT2D eigenvalue weighted by molar-refractivity contribution is -0.137. The second kappa shape index (κ2) is 10.8. The summed E-state index contributed by atoms with van der Waals surface area (Å²) < 4.78 is 40.5. The van der Waals surface area contributed by atoms with Crippen molar-refractivity contribution in [2.24, 2.45) is 4.40 Å². The average Bonchev–Trinajstić information content (AvgIpc) is 2.87. The number of carbonyl (C=O) groups excluding carboxylic acids is 3. The van der Waals surface area contributed by atoms with E-state index in [9.17, 15) is 27.9 Å². The quantitative estimate of drug-likeness (QED) is 0.319. The van der Waals surface area contributed by atoms with E-state index in [2.05, 4.69) is 15.0 Å². The van der Waals surface area contributed by atoms with Crippen molar-refractivity contribution in [3.05, 3.63) is 71.3 Å². The molecular weight excluding hydrogens is 550 g/mol. The van der Waals surface area contributed by atoms with E-state index in [1.54, 1.807) is 58.9 Å². The number of carbonyl (C=O) groups is 3. The summed E-state index contributed by atoms with van der Waals surface area (Å²) in [5.41, 5.74) is -1.23. The van der Waals surface area contributed by atoms with Crippen LogP contribution < -0.4 is 10.6 Å². The van der Waals surface area contributed by atoms with Gasteiger partial charge in [0.05, 0.1) is 17.7 Å². The van der Waals surface area contributed by atoms with Crippen molar-refractivity contribution < 1.29 is 37.4 Å². The standard InChI is InChI=1S/C29H31N3O8S/c1-6-39-22(33)12-9-15-29(5)19-11-8-7-10-18(19)24(34)23(25(29)35)26-31-20-14-13-17(16-21(20)41(37,38)32-26)30-27(36)40-28(2,3)4/h7-14,16,34H,6,15H2,1-5H3,(H,30,36)(H,31,32). The lowest BCUT2D eigenvalue weighted by Gasteiger charge is -2.35. The zero-order chi connectivity index (χ0) is 30.2. The summed E-state index contributed by atoms with van der Waals surface area (Å²) in [6.07, 6.45) is 2.03. The molecule has 4 rings (SSSR count). The number of benzene rings is 2. The molecule has 0 bridgehead atoms. The molecule has 2 aromatic carbocycles. The van der Waals surface area contributed by atoms with Crippen LogP contribution in [0.25, 0.3) is 5.76 Å². The van der Waals surface area contributed by atoms with Crippen LogP contribution in [0.4, 0.5) is 16.2 Å². The molecule has 1 unspecified atom stereocenters. The Bertz CT molecular complexity index is 1630. The molecule has 41 heavy (non-hydrogen) atoms. The Morgan fingerprint density at radius 3 is 2.56 bits per heavy atom. The number of hydrogen-bond acceptors (Lipinski definition) is 9. The highest BCUT2D eigenvalue weighted by Crippen LogP contribution is 2.43. The van der Waals surface area contributed by atoms with Crippen molar-refractivity contribution in [1.82, 2.24) is 0 Å². The van der Waals surface area contributed by atoms with Crippen molar-refractivity contribution in [2.45, 2.75) is 57.0 Å². The molecule has 0 saturated carbocycles. The number of aliphatic hydroxyl groups is 1.